The summed E-state index contributed by atoms with van der Waals surface area (Å²) in [4.78, 5) is 28.7. The first-order valence-corrected chi connectivity index (χ1v) is 15.7. The van der Waals surface area contributed by atoms with Crippen molar-refractivity contribution < 1.29 is 27.4 Å². The second kappa shape index (κ2) is 12.1. The first-order valence-electron chi connectivity index (χ1n) is 14.9. The predicted octanol–water partition coefficient (Wildman–Crippen LogP) is 6.70. The number of hydrogen-bond donors (Lipinski definition) is 0. The maximum atomic E-state index is 13.3. The number of halogens is 4. The minimum Gasteiger partial charge on any atom is -0.481 e. The summed E-state index contributed by atoms with van der Waals surface area (Å²) in [6, 6.07) is 1.87. The number of piperidine rings is 2. The average Bonchev–Trinajstić information content (AvgIpc) is 2.90. The highest BCUT2D eigenvalue weighted by Gasteiger charge is 2.48. The van der Waals surface area contributed by atoms with Gasteiger partial charge < -0.3 is 24.2 Å². The first-order chi connectivity index (χ1) is 20.2. The van der Waals surface area contributed by atoms with Crippen LogP contribution in [0, 0.1) is 11.3 Å². The molecule has 1 spiro atoms. The van der Waals surface area contributed by atoms with Crippen LogP contribution >= 0.6 is 15.9 Å². The molecule has 236 valence electrons. The molecule has 0 bridgehead atoms. The number of benzene rings is 1. The van der Waals surface area contributed by atoms with Crippen LogP contribution in [0.5, 0.6) is 5.75 Å². The van der Waals surface area contributed by atoms with Crippen molar-refractivity contribution in [3.63, 3.8) is 0 Å². The van der Waals surface area contributed by atoms with Crippen molar-refractivity contribution in [1.29, 1.82) is 0 Å². The van der Waals surface area contributed by atoms with E-state index in [9.17, 15) is 18.0 Å². The molecule has 0 N–H and O–H groups in total. The van der Waals surface area contributed by atoms with Crippen molar-refractivity contribution in [2.24, 2.45) is 11.3 Å². The standard InChI is InChI=1S/C31H41BrF3N5O3/c1-6-21-16-22-25(26(24(21)32)42-19-31(33,34)35)36-23(15-20-7-11-38(5)12-8-20)37-27(22)39-13-9-30(10-14-39)17-40(18-30)28(41)43-29(2,3)4/h6,16,20H,1,7-15,17-19H2,2-5H3. The first kappa shape index (κ1) is 31.8. The molecular formula is C31H41BrF3N5O3. The molecule has 0 unspecified atom stereocenters. The fourth-order valence-corrected chi connectivity index (χ4v) is 6.86. The summed E-state index contributed by atoms with van der Waals surface area (Å²) < 4.78 is 51.2. The Bertz CT molecular complexity index is 1360. The number of alkyl halides is 3. The van der Waals surface area contributed by atoms with E-state index in [0.29, 0.717) is 71.1 Å². The van der Waals surface area contributed by atoms with Gasteiger partial charge in [-0.25, -0.2) is 14.8 Å². The zero-order valence-electron chi connectivity index (χ0n) is 25.4. The minimum atomic E-state index is -4.50. The van der Waals surface area contributed by atoms with Gasteiger partial charge in [0.1, 0.15) is 22.8 Å². The van der Waals surface area contributed by atoms with Crippen LogP contribution in [0.1, 0.15) is 57.8 Å². The molecule has 0 radical (unpaired) electrons. The maximum Gasteiger partial charge on any atom is 0.422 e. The number of carbonyl (C=O) groups excluding carboxylic acids is 1. The average molecular weight is 669 g/mol. The second-order valence-corrected chi connectivity index (χ2v) is 14.1. The minimum absolute atomic E-state index is 0.0312. The van der Waals surface area contributed by atoms with Gasteiger partial charge in [0.25, 0.3) is 0 Å². The molecule has 3 fully saturated rings. The van der Waals surface area contributed by atoms with Crippen LogP contribution in [0.3, 0.4) is 0 Å². The van der Waals surface area contributed by atoms with Gasteiger partial charge in [0, 0.05) is 43.4 Å². The van der Waals surface area contributed by atoms with Gasteiger partial charge in [-0.2, -0.15) is 13.2 Å². The summed E-state index contributed by atoms with van der Waals surface area (Å²) in [5.41, 5.74) is 0.473. The highest BCUT2D eigenvalue weighted by atomic mass is 79.9. The molecule has 3 saturated heterocycles. The fraction of sp³-hybridized carbons (Fsp3) is 0.645. The lowest BCUT2D eigenvalue weighted by Crippen LogP contribution is -2.62. The Kier molecular flexibility index (Phi) is 8.92. The molecule has 43 heavy (non-hydrogen) atoms. The summed E-state index contributed by atoms with van der Waals surface area (Å²) in [7, 11) is 2.11. The largest absolute Gasteiger partial charge is 0.481 e. The van der Waals surface area contributed by atoms with Crippen LogP contribution in [0.2, 0.25) is 0 Å². The van der Waals surface area contributed by atoms with E-state index in [0.717, 1.165) is 38.8 Å². The van der Waals surface area contributed by atoms with Crippen LogP contribution in [-0.4, -0.2) is 90.6 Å². The van der Waals surface area contributed by atoms with Gasteiger partial charge in [0.2, 0.25) is 0 Å². The number of aromatic nitrogens is 2. The van der Waals surface area contributed by atoms with E-state index in [1.165, 1.54) is 0 Å². The maximum absolute atomic E-state index is 13.3. The third-order valence-electron chi connectivity index (χ3n) is 8.68. The number of fused-ring (bicyclic) bond motifs is 1. The van der Waals surface area contributed by atoms with Crippen molar-refractivity contribution in [3.8, 4) is 5.75 Å². The predicted molar refractivity (Wildman–Crippen MR) is 164 cm³/mol. The SMILES string of the molecule is C=Cc1cc2c(N3CCC4(CC3)CN(C(=O)OC(C)(C)C)C4)nc(CC3CCN(C)CC3)nc2c(OCC(F)(F)F)c1Br. The molecule has 0 atom stereocenters. The number of hydrogen-bond acceptors (Lipinski definition) is 7. The van der Waals surface area contributed by atoms with Crippen molar-refractivity contribution >= 4 is 44.8 Å². The number of likely N-dealkylation sites (tertiary alicyclic amines) is 2. The fourth-order valence-electron chi connectivity index (χ4n) is 6.28. The van der Waals surface area contributed by atoms with E-state index in [-0.39, 0.29) is 17.3 Å². The van der Waals surface area contributed by atoms with Crippen molar-refractivity contribution in [3.05, 3.63) is 28.5 Å². The summed E-state index contributed by atoms with van der Waals surface area (Å²) in [5.74, 6) is 1.78. The number of amides is 1. The number of carbonyl (C=O) groups is 1. The zero-order chi connectivity index (χ0) is 31.2. The molecule has 1 aromatic carbocycles. The summed E-state index contributed by atoms with van der Waals surface area (Å²) in [6.45, 7) is 12.7. The molecule has 8 nitrogen and oxygen atoms in total. The zero-order valence-corrected chi connectivity index (χ0v) is 27.0. The summed E-state index contributed by atoms with van der Waals surface area (Å²) in [5, 5.41) is 0.641. The lowest BCUT2D eigenvalue weighted by Gasteiger charge is -2.53. The van der Waals surface area contributed by atoms with Crippen molar-refractivity contribution in [1.82, 2.24) is 19.8 Å². The van der Waals surface area contributed by atoms with Gasteiger partial charge in [-0.15, -0.1) is 0 Å². The number of ether oxygens (including phenoxy) is 2. The molecular weight excluding hydrogens is 627 g/mol. The van der Waals surface area contributed by atoms with Gasteiger partial charge in [0.05, 0.1) is 4.47 Å². The summed E-state index contributed by atoms with van der Waals surface area (Å²) >= 11 is 3.46. The highest BCUT2D eigenvalue weighted by Crippen LogP contribution is 2.45. The lowest BCUT2D eigenvalue weighted by atomic mass is 9.72. The summed E-state index contributed by atoms with van der Waals surface area (Å²) in [6.07, 6.45) is 1.22. The van der Waals surface area contributed by atoms with Gasteiger partial charge in [-0.05, 0) is 100 Å². The second-order valence-electron chi connectivity index (χ2n) is 13.4. The monoisotopic (exact) mass is 667 g/mol. The third-order valence-corrected chi connectivity index (χ3v) is 9.49. The van der Waals surface area contributed by atoms with E-state index in [1.807, 2.05) is 26.8 Å². The molecule has 1 amide bonds. The number of nitrogens with zero attached hydrogens (tertiary/aromatic N) is 5. The van der Waals surface area contributed by atoms with E-state index >= 15 is 0 Å². The van der Waals surface area contributed by atoms with Crippen LogP contribution in [-0.2, 0) is 11.2 Å². The van der Waals surface area contributed by atoms with E-state index in [2.05, 4.69) is 39.4 Å². The Balaban J connectivity index is 1.44. The molecule has 0 saturated carbocycles. The van der Waals surface area contributed by atoms with Crippen LogP contribution in [0.15, 0.2) is 17.1 Å². The third kappa shape index (κ3) is 7.38. The van der Waals surface area contributed by atoms with Crippen LogP contribution in [0.25, 0.3) is 17.0 Å². The lowest BCUT2D eigenvalue weighted by molar-refractivity contribution is -0.153. The number of rotatable bonds is 6. The van der Waals surface area contributed by atoms with Gasteiger partial charge in [-0.3, -0.25) is 0 Å². The van der Waals surface area contributed by atoms with Gasteiger partial charge in [-0.1, -0.05) is 12.7 Å². The highest BCUT2D eigenvalue weighted by molar-refractivity contribution is 9.10. The van der Waals surface area contributed by atoms with E-state index in [1.54, 1.807) is 11.0 Å². The number of anilines is 1. The van der Waals surface area contributed by atoms with E-state index in [4.69, 9.17) is 19.4 Å². The van der Waals surface area contributed by atoms with Gasteiger partial charge in [0.15, 0.2) is 12.4 Å². The molecule has 1 aromatic heterocycles. The van der Waals surface area contributed by atoms with Crippen LogP contribution in [0.4, 0.5) is 23.8 Å². The molecule has 2 aromatic rings. The Labute approximate surface area is 259 Å². The Hall–Kier alpha value is -2.60. The molecule has 3 aliphatic rings. The Morgan fingerprint density at radius 1 is 1.14 bits per heavy atom. The Morgan fingerprint density at radius 2 is 1.79 bits per heavy atom. The van der Waals surface area contributed by atoms with Gasteiger partial charge >= 0.3 is 12.3 Å². The van der Waals surface area contributed by atoms with E-state index < -0.39 is 18.4 Å². The van der Waals surface area contributed by atoms with Crippen LogP contribution < -0.4 is 9.64 Å². The molecule has 5 rings (SSSR count). The molecule has 12 heteroatoms. The molecule has 0 aliphatic carbocycles. The molecule has 3 aliphatic heterocycles. The topological polar surface area (TPSA) is 71.0 Å². The smallest absolute Gasteiger partial charge is 0.422 e. The Morgan fingerprint density at radius 3 is 2.37 bits per heavy atom. The van der Waals surface area contributed by atoms with Crippen molar-refractivity contribution in [2.45, 2.75) is 64.7 Å². The molecule has 4 heterocycles. The normalized spacial score (nSPS) is 19.9. The quantitative estimate of drug-likeness (QED) is 0.340. The van der Waals surface area contributed by atoms with Crippen molar-refractivity contribution in [2.75, 3.05) is 57.8 Å².